The van der Waals surface area contributed by atoms with Crippen LogP contribution in [0.2, 0.25) is 5.02 Å². The number of nitrogens with zero attached hydrogens (tertiary/aromatic N) is 5. The van der Waals surface area contributed by atoms with Gasteiger partial charge < -0.3 is 14.4 Å². The molecule has 1 saturated heterocycles. The van der Waals surface area contributed by atoms with Gasteiger partial charge in [-0.3, -0.25) is 19.7 Å². The predicted octanol–water partition coefficient (Wildman–Crippen LogP) is 3.79. The number of hydrogen-bond donors (Lipinski definition) is 0. The van der Waals surface area contributed by atoms with E-state index in [9.17, 15) is 19.7 Å². The lowest BCUT2D eigenvalue weighted by Crippen LogP contribution is -2.43. The third kappa shape index (κ3) is 6.14. The number of ether oxygens (including phenoxy) is 2. The number of carbonyl (C=O) groups is 1. The van der Waals surface area contributed by atoms with Gasteiger partial charge in [0.1, 0.15) is 5.82 Å². The molecule has 0 bridgehead atoms. The van der Waals surface area contributed by atoms with Crippen molar-refractivity contribution >= 4 is 56.2 Å². The zero-order valence-corrected chi connectivity index (χ0v) is 22.2. The SMILES string of the molecule is CCCc1nc2ccc(Br)cc2c(=O)n1N=Cc1cc(Cl)cc([N+](=O)[O-])c1OCC(=O)N1CCOCC1. The number of fused-ring (bicyclic) bond motifs is 1. The average Bonchev–Trinajstić information content (AvgIpc) is 2.88. The Morgan fingerprint density at radius 3 is 2.78 bits per heavy atom. The molecule has 4 rings (SSSR count). The first kappa shape index (κ1) is 26.7. The molecule has 0 aliphatic carbocycles. The molecule has 11 nitrogen and oxygen atoms in total. The van der Waals surface area contributed by atoms with Gasteiger partial charge in [-0.15, -0.1) is 0 Å². The van der Waals surface area contributed by atoms with E-state index in [0.29, 0.717) is 60.3 Å². The second-order valence-electron chi connectivity index (χ2n) is 8.18. The summed E-state index contributed by atoms with van der Waals surface area (Å²) in [5.74, 6) is -0.0809. The highest BCUT2D eigenvalue weighted by atomic mass is 79.9. The van der Waals surface area contributed by atoms with Crippen LogP contribution in [-0.4, -0.2) is 64.5 Å². The maximum absolute atomic E-state index is 13.3. The summed E-state index contributed by atoms with van der Waals surface area (Å²) < 4.78 is 12.8. The summed E-state index contributed by atoms with van der Waals surface area (Å²) >= 11 is 9.51. The fourth-order valence-corrected chi connectivity index (χ4v) is 4.43. The summed E-state index contributed by atoms with van der Waals surface area (Å²) in [5, 5.41) is 16.5. The van der Waals surface area contributed by atoms with Crippen LogP contribution in [0.3, 0.4) is 0 Å². The highest BCUT2D eigenvalue weighted by molar-refractivity contribution is 9.10. The van der Waals surface area contributed by atoms with E-state index in [1.54, 1.807) is 23.1 Å². The van der Waals surface area contributed by atoms with Gasteiger partial charge in [-0.05, 0) is 30.7 Å². The Morgan fingerprint density at radius 2 is 2.08 bits per heavy atom. The minimum Gasteiger partial charge on any atom is -0.476 e. The number of carbonyl (C=O) groups excluding carboxylic acids is 1. The van der Waals surface area contributed by atoms with E-state index < -0.39 is 22.8 Å². The third-order valence-electron chi connectivity index (χ3n) is 5.62. The van der Waals surface area contributed by atoms with Crippen LogP contribution in [0.25, 0.3) is 10.9 Å². The maximum Gasteiger partial charge on any atom is 0.313 e. The van der Waals surface area contributed by atoms with Crippen molar-refractivity contribution in [1.82, 2.24) is 14.6 Å². The number of aryl methyl sites for hydroxylation is 1. The Hall–Kier alpha value is -3.35. The van der Waals surface area contributed by atoms with E-state index in [1.807, 2.05) is 6.92 Å². The number of morpholine rings is 1. The smallest absolute Gasteiger partial charge is 0.313 e. The first-order valence-corrected chi connectivity index (χ1v) is 12.7. The van der Waals surface area contributed by atoms with Crippen LogP contribution in [0.1, 0.15) is 24.7 Å². The summed E-state index contributed by atoms with van der Waals surface area (Å²) in [6.45, 7) is 3.17. The standard InChI is InChI=1S/C24H23BrClN5O6/c1-2-3-21-28-19-5-4-16(25)11-18(19)24(33)30(21)27-13-15-10-17(26)12-20(31(34)35)23(15)37-14-22(32)29-6-8-36-9-7-29/h4-5,10-13H,2-3,6-9,14H2,1H3. The van der Waals surface area contributed by atoms with Crippen molar-refractivity contribution in [2.75, 3.05) is 32.9 Å². The molecule has 1 fully saturated rings. The normalized spacial score (nSPS) is 13.9. The molecule has 194 valence electrons. The van der Waals surface area contributed by atoms with E-state index in [2.05, 4.69) is 26.0 Å². The number of amides is 1. The number of benzene rings is 2. The number of rotatable bonds is 8. The van der Waals surface area contributed by atoms with Gasteiger partial charge in [0.05, 0.1) is 35.3 Å². The summed E-state index contributed by atoms with van der Waals surface area (Å²) in [6, 6.07) is 7.75. The Kier molecular flexibility index (Phi) is 8.52. The molecule has 0 unspecified atom stereocenters. The van der Waals surface area contributed by atoms with E-state index in [-0.39, 0.29) is 22.2 Å². The van der Waals surface area contributed by atoms with Gasteiger partial charge in [0.2, 0.25) is 5.75 Å². The average molecular weight is 593 g/mol. The van der Waals surface area contributed by atoms with Crippen molar-refractivity contribution in [2.24, 2.45) is 5.10 Å². The molecule has 3 aromatic rings. The highest BCUT2D eigenvalue weighted by Gasteiger charge is 2.24. The Balaban J connectivity index is 1.74. The van der Waals surface area contributed by atoms with Crippen LogP contribution >= 0.6 is 27.5 Å². The first-order chi connectivity index (χ1) is 17.8. The van der Waals surface area contributed by atoms with E-state index in [4.69, 9.17) is 21.1 Å². The summed E-state index contributed by atoms with van der Waals surface area (Å²) in [7, 11) is 0. The van der Waals surface area contributed by atoms with Crippen molar-refractivity contribution in [1.29, 1.82) is 0 Å². The number of nitro groups is 1. The largest absolute Gasteiger partial charge is 0.476 e. The summed E-state index contributed by atoms with van der Waals surface area (Å²) in [5.41, 5.74) is -0.150. The van der Waals surface area contributed by atoms with Crippen LogP contribution in [0.5, 0.6) is 5.75 Å². The summed E-state index contributed by atoms with van der Waals surface area (Å²) in [6.07, 6.45) is 2.44. The Morgan fingerprint density at radius 1 is 1.32 bits per heavy atom. The number of nitro benzene ring substituents is 1. The van der Waals surface area contributed by atoms with Gasteiger partial charge in [0.25, 0.3) is 11.5 Å². The lowest BCUT2D eigenvalue weighted by molar-refractivity contribution is -0.385. The van der Waals surface area contributed by atoms with E-state index >= 15 is 0 Å². The predicted molar refractivity (Wildman–Crippen MR) is 142 cm³/mol. The first-order valence-electron chi connectivity index (χ1n) is 11.5. The van der Waals surface area contributed by atoms with Crippen LogP contribution in [0.4, 0.5) is 5.69 Å². The highest BCUT2D eigenvalue weighted by Crippen LogP contribution is 2.34. The third-order valence-corrected chi connectivity index (χ3v) is 6.34. The van der Waals surface area contributed by atoms with E-state index in [1.165, 1.54) is 12.3 Å². The van der Waals surface area contributed by atoms with Crippen LogP contribution < -0.4 is 10.3 Å². The molecule has 1 aliphatic heterocycles. The second-order valence-corrected chi connectivity index (χ2v) is 9.54. The van der Waals surface area contributed by atoms with Crippen molar-refractivity contribution < 1.29 is 19.2 Å². The number of aromatic nitrogens is 2. The number of hydrogen-bond acceptors (Lipinski definition) is 8. The van der Waals surface area contributed by atoms with Gasteiger partial charge in [-0.25, -0.2) is 4.98 Å². The van der Waals surface area contributed by atoms with Crippen molar-refractivity contribution in [3.8, 4) is 5.75 Å². The fourth-order valence-electron chi connectivity index (χ4n) is 3.85. The van der Waals surface area contributed by atoms with Crippen molar-refractivity contribution in [3.63, 3.8) is 0 Å². The molecule has 1 amide bonds. The topological polar surface area (TPSA) is 129 Å². The number of halogens is 2. The Bertz CT molecular complexity index is 1440. The molecule has 0 N–H and O–H groups in total. The quantitative estimate of drug-likeness (QED) is 0.221. The zero-order valence-electron chi connectivity index (χ0n) is 19.9. The molecular formula is C24H23BrClN5O6. The monoisotopic (exact) mass is 591 g/mol. The molecule has 37 heavy (non-hydrogen) atoms. The van der Waals surface area contributed by atoms with E-state index in [0.717, 1.165) is 10.7 Å². The van der Waals surface area contributed by atoms with Gasteiger partial charge in [-0.1, -0.05) is 34.5 Å². The fraction of sp³-hybridized carbons (Fsp3) is 0.333. The molecular weight excluding hydrogens is 570 g/mol. The van der Waals surface area contributed by atoms with Crippen molar-refractivity contribution in [3.05, 3.63) is 71.7 Å². The Labute approximate surface area is 224 Å². The second kappa shape index (κ2) is 11.8. The van der Waals surface area contributed by atoms with Gasteiger partial charge in [0.15, 0.2) is 6.61 Å². The lowest BCUT2D eigenvalue weighted by Gasteiger charge is -2.26. The molecule has 0 radical (unpaired) electrons. The molecule has 0 saturated carbocycles. The molecule has 1 aromatic heterocycles. The molecule has 2 aromatic carbocycles. The minimum absolute atomic E-state index is 0.0710. The van der Waals surface area contributed by atoms with Crippen LogP contribution in [0.15, 0.2) is 44.7 Å². The van der Waals surface area contributed by atoms with Crippen LogP contribution in [0, 0.1) is 10.1 Å². The minimum atomic E-state index is -0.651. The molecule has 13 heteroatoms. The van der Waals surface area contributed by atoms with Gasteiger partial charge in [0, 0.05) is 40.6 Å². The maximum atomic E-state index is 13.3. The van der Waals surface area contributed by atoms with Crippen LogP contribution in [-0.2, 0) is 16.0 Å². The zero-order chi connectivity index (χ0) is 26.5. The molecule has 0 spiro atoms. The van der Waals surface area contributed by atoms with Crippen molar-refractivity contribution in [2.45, 2.75) is 19.8 Å². The molecule has 0 atom stereocenters. The summed E-state index contributed by atoms with van der Waals surface area (Å²) in [4.78, 5) is 43.1. The van der Waals surface area contributed by atoms with Gasteiger partial charge in [-0.2, -0.15) is 9.78 Å². The molecule has 2 heterocycles. The van der Waals surface area contributed by atoms with Gasteiger partial charge >= 0.3 is 5.69 Å². The molecule has 1 aliphatic rings. The lowest BCUT2D eigenvalue weighted by atomic mass is 10.2.